The van der Waals surface area contributed by atoms with Gasteiger partial charge in [-0.1, -0.05) is 5.16 Å². The zero-order valence-electron chi connectivity index (χ0n) is 19.8. The number of nitrogens with zero attached hydrogens (tertiary/aromatic N) is 5. The van der Waals surface area contributed by atoms with Crippen LogP contribution in [-0.2, 0) is 4.84 Å². The van der Waals surface area contributed by atoms with Crippen LogP contribution in [0.25, 0.3) is 16.7 Å². The lowest BCUT2D eigenvalue weighted by Crippen LogP contribution is -2.26. The molecular weight excluding hydrogens is 503 g/mol. The second-order valence-corrected chi connectivity index (χ2v) is 8.88. The zero-order valence-corrected chi connectivity index (χ0v) is 19.8. The molecule has 0 radical (unpaired) electrons. The molecule has 1 saturated heterocycles. The molecule has 0 aliphatic carbocycles. The second-order valence-electron chi connectivity index (χ2n) is 8.88. The minimum Gasteiger partial charge on any atom is -0.481 e. The van der Waals surface area contributed by atoms with Gasteiger partial charge < -0.3 is 14.5 Å². The van der Waals surface area contributed by atoms with Crippen LogP contribution in [0.2, 0.25) is 0 Å². The monoisotopic (exact) mass is 521 g/mol. The number of carbonyl (C=O) groups is 1. The number of fused-ring (bicyclic) bond motifs is 2. The van der Waals surface area contributed by atoms with Crippen LogP contribution in [0.3, 0.4) is 0 Å². The summed E-state index contributed by atoms with van der Waals surface area (Å²) in [6.45, 7) is 0.546. The van der Waals surface area contributed by atoms with Crippen molar-refractivity contribution in [2.75, 3.05) is 25.1 Å². The summed E-state index contributed by atoms with van der Waals surface area (Å²) in [4.78, 5) is 40.2. The molecule has 6 rings (SSSR count). The number of halogens is 3. The van der Waals surface area contributed by atoms with E-state index in [1.807, 2.05) is 0 Å². The molecule has 2 aliphatic heterocycles. The van der Waals surface area contributed by atoms with Crippen molar-refractivity contribution < 1.29 is 27.5 Å². The molecule has 0 amide bonds. The molecule has 0 saturated carbocycles. The maximum Gasteiger partial charge on any atom is 0.212 e. The molecule has 1 fully saturated rings. The maximum absolute atomic E-state index is 15.4. The highest BCUT2D eigenvalue weighted by atomic mass is 19.1. The lowest BCUT2D eigenvalue weighted by molar-refractivity contribution is 0.0853. The van der Waals surface area contributed by atoms with Crippen molar-refractivity contribution in [1.82, 2.24) is 14.5 Å². The van der Waals surface area contributed by atoms with Gasteiger partial charge in [0.25, 0.3) is 0 Å². The molecule has 9 nitrogen and oxygen atoms in total. The van der Waals surface area contributed by atoms with Crippen molar-refractivity contribution in [3.8, 4) is 11.6 Å². The summed E-state index contributed by atoms with van der Waals surface area (Å²) in [6, 6.07) is 7.31. The quantitative estimate of drug-likeness (QED) is 0.372. The third kappa shape index (κ3) is 3.76. The Morgan fingerprint density at radius 2 is 1.95 bits per heavy atom. The highest BCUT2D eigenvalue weighted by Crippen LogP contribution is 2.34. The molecule has 5 heterocycles. The van der Waals surface area contributed by atoms with E-state index in [1.54, 1.807) is 23.2 Å². The first kappa shape index (κ1) is 23.6. The first-order chi connectivity index (χ1) is 18.4. The summed E-state index contributed by atoms with van der Waals surface area (Å²) >= 11 is 0. The van der Waals surface area contributed by atoms with Crippen molar-refractivity contribution in [2.45, 2.75) is 6.10 Å². The SMILES string of the molecule is COc1ccc(C2=NOC3CN(c4nc5c(cc4F)c(=O)c(C=O)cn5-c4ccc(F)cc4F)CC23)cn1. The summed E-state index contributed by atoms with van der Waals surface area (Å²) in [5, 5.41) is 3.97. The van der Waals surface area contributed by atoms with E-state index in [9.17, 15) is 18.4 Å². The van der Waals surface area contributed by atoms with E-state index in [4.69, 9.17) is 9.57 Å². The van der Waals surface area contributed by atoms with Crippen LogP contribution >= 0.6 is 0 Å². The van der Waals surface area contributed by atoms with E-state index in [-0.39, 0.29) is 46.7 Å². The molecule has 2 atom stereocenters. The zero-order chi connectivity index (χ0) is 26.6. The highest BCUT2D eigenvalue weighted by molar-refractivity contribution is 6.03. The number of oxime groups is 1. The van der Waals surface area contributed by atoms with Gasteiger partial charge in [0.1, 0.15) is 11.6 Å². The van der Waals surface area contributed by atoms with E-state index in [0.717, 1.165) is 34.5 Å². The number of aldehydes is 1. The number of ether oxygens (including phenoxy) is 1. The van der Waals surface area contributed by atoms with Crippen LogP contribution in [-0.4, -0.2) is 52.8 Å². The molecule has 12 heteroatoms. The maximum atomic E-state index is 15.4. The fourth-order valence-electron chi connectivity index (χ4n) is 4.83. The second kappa shape index (κ2) is 8.98. The smallest absolute Gasteiger partial charge is 0.212 e. The number of hydrogen-bond acceptors (Lipinski definition) is 8. The Hall–Kier alpha value is -4.74. The Bertz CT molecular complexity index is 1690. The normalized spacial score (nSPS) is 18.3. The summed E-state index contributed by atoms with van der Waals surface area (Å²) in [7, 11) is 1.51. The van der Waals surface area contributed by atoms with Gasteiger partial charge in [0, 0.05) is 36.6 Å². The van der Waals surface area contributed by atoms with Crippen LogP contribution in [0.5, 0.6) is 5.88 Å². The van der Waals surface area contributed by atoms with Gasteiger partial charge in [0.05, 0.1) is 41.9 Å². The summed E-state index contributed by atoms with van der Waals surface area (Å²) in [6.07, 6.45) is 2.63. The molecule has 3 aromatic heterocycles. The van der Waals surface area contributed by atoms with E-state index >= 15 is 4.39 Å². The van der Waals surface area contributed by atoms with Crippen LogP contribution in [0.1, 0.15) is 15.9 Å². The van der Waals surface area contributed by atoms with Crippen LogP contribution in [0, 0.1) is 23.4 Å². The Balaban J connectivity index is 1.42. The number of benzene rings is 1. The number of pyridine rings is 3. The number of methoxy groups -OCH3 is 1. The van der Waals surface area contributed by atoms with Crippen LogP contribution < -0.4 is 15.1 Å². The van der Waals surface area contributed by atoms with Gasteiger partial charge in [0.2, 0.25) is 11.3 Å². The van der Waals surface area contributed by atoms with Crippen LogP contribution in [0.4, 0.5) is 19.0 Å². The molecule has 0 spiro atoms. The van der Waals surface area contributed by atoms with Gasteiger partial charge in [-0.3, -0.25) is 14.2 Å². The molecule has 0 N–H and O–H groups in total. The molecule has 1 aromatic carbocycles. The molecule has 2 unspecified atom stereocenters. The highest BCUT2D eigenvalue weighted by Gasteiger charge is 2.44. The molecular formula is C26H18F3N5O4. The van der Waals surface area contributed by atoms with Crippen molar-refractivity contribution in [3.05, 3.63) is 87.6 Å². The fraction of sp³-hybridized carbons (Fsp3) is 0.192. The van der Waals surface area contributed by atoms with Gasteiger partial charge in [0.15, 0.2) is 29.7 Å². The molecule has 2 aliphatic rings. The third-order valence-corrected chi connectivity index (χ3v) is 6.68. The van der Waals surface area contributed by atoms with E-state index < -0.39 is 22.9 Å². The first-order valence-corrected chi connectivity index (χ1v) is 11.5. The van der Waals surface area contributed by atoms with Gasteiger partial charge >= 0.3 is 0 Å². The minimum absolute atomic E-state index is 0.0859. The van der Waals surface area contributed by atoms with E-state index in [0.29, 0.717) is 30.5 Å². The summed E-state index contributed by atoms with van der Waals surface area (Å²) in [5.74, 6) is -2.40. The standard InChI is InChI=1S/C26H18F3N5O4/c1-37-22-5-2-13(8-30-22)23-17-10-33(11-21(17)38-32-23)26-19(29)7-16-24(36)14(12-35)9-34(25(16)31-26)20-4-3-15(27)6-18(20)28/h2-9,12,17,21H,10-11H2,1H3. The topological polar surface area (TPSA) is 98.9 Å². The van der Waals surface area contributed by atoms with Crippen molar-refractivity contribution in [3.63, 3.8) is 0 Å². The fourth-order valence-corrected chi connectivity index (χ4v) is 4.83. The number of aromatic nitrogens is 3. The average Bonchev–Trinajstić information content (AvgIpc) is 3.51. The number of rotatable bonds is 5. The van der Waals surface area contributed by atoms with E-state index in [1.165, 1.54) is 7.11 Å². The van der Waals surface area contributed by atoms with Crippen LogP contribution in [0.15, 0.2) is 58.7 Å². The van der Waals surface area contributed by atoms with Crippen molar-refractivity contribution in [1.29, 1.82) is 0 Å². The average molecular weight is 521 g/mol. The Kier molecular flexibility index (Phi) is 5.59. The molecule has 0 bridgehead atoms. The lowest BCUT2D eigenvalue weighted by atomic mass is 9.96. The number of carbonyl (C=O) groups excluding carboxylic acids is 1. The first-order valence-electron chi connectivity index (χ1n) is 11.5. The Labute approximate surface area is 212 Å². The van der Waals surface area contributed by atoms with Gasteiger partial charge in [-0.15, -0.1) is 0 Å². The largest absolute Gasteiger partial charge is 0.481 e. The predicted octanol–water partition coefficient (Wildman–Crippen LogP) is 3.26. The Morgan fingerprint density at radius 3 is 2.66 bits per heavy atom. The Morgan fingerprint density at radius 1 is 1.11 bits per heavy atom. The summed E-state index contributed by atoms with van der Waals surface area (Å²) < 4.78 is 49.9. The number of anilines is 1. The van der Waals surface area contributed by atoms with Gasteiger partial charge in [-0.25, -0.2) is 23.1 Å². The lowest BCUT2D eigenvalue weighted by Gasteiger charge is -2.20. The third-order valence-electron chi connectivity index (χ3n) is 6.68. The predicted molar refractivity (Wildman–Crippen MR) is 131 cm³/mol. The van der Waals surface area contributed by atoms with Crippen molar-refractivity contribution in [2.24, 2.45) is 11.1 Å². The minimum atomic E-state index is -0.947. The molecule has 38 heavy (non-hydrogen) atoms. The van der Waals surface area contributed by atoms with E-state index in [2.05, 4.69) is 15.1 Å². The van der Waals surface area contributed by atoms with Gasteiger partial charge in [-0.05, 0) is 24.3 Å². The molecule has 4 aromatic rings. The summed E-state index contributed by atoms with van der Waals surface area (Å²) in [5.41, 5.74) is 0.0493. The van der Waals surface area contributed by atoms with Gasteiger partial charge in [-0.2, -0.15) is 0 Å². The van der Waals surface area contributed by atoms with Crippen molar-refractivity contribution >= 4 is 28.8 Å². The number of hydrogen-bond donors (Lipinski definition) is 0. The molecule has 192 valence electrons.